The van der Waals surface area contributed by atoms with Crippen molar-refractivity contribution < 1.29 is 19.0 Å². The van der Waals surface area contributed by atoms with Crippen molar-refractivity contribution in [2.75, 3.05) is 13.2 Å². The molecule has 0 aromatic heterocycles. The van der Waals surface area contributed by atoms with E-state index >= 15 is 0 Å². The summed E-state index contributed by atoms with van der Waals surface area (Å²) in [7, 11) is 0. The molecular weight excluding hydrogens is 261 g/mol. The number of aliphatic hydroxyl groups is 1. The van der Waals surface area contributed by atoms with Crippen LogP contribution in [0.25, 0.3) is 0 Å². The lowest BCUT2D eigenvalue weighted by Gasteiger charge is -2.32. The smallest absolute Gasteiger partial charge is 0.266 e. The number of carbonyl (C=O) groups is 1. The molecule has 1 saturated carbocycles. The molecule has 0 atom stereocenters. The molecule has 1 aromatic carbocycles. The third kappa shape index (κ3) is 3.48. The Morgan fingerprint density at radius 2 is 2.00 bits per heavy atom. The zero-order chi connectivity index (χ0) is 14.8. The van der Waals surface area contributed by atoms with Gasteiger partial charge in [0.15, 0.2) is 5.60 Å². The van der Waals surface area contributed by atoms with Gasteiger partial charge in [-0.15, -0.1) is 0 Å². The van der Waals surface area contributed by atoms with Crippen molar-refractivity contribution >= 4 is 5.91 Å². The Hall–Kier alpha value is -1.62. The highest BCUT2D eigenvalue weighted by molar-refractivity contribution is 5.85. The van der Waals surface area contributed by atoms with Crippen LogP contribution in [0.2, 0.25) is 0 Å². The number of ether oxygens (including phenoxy) is 1. The molecule has 1 N–H and O–H groups in total. The van der Waals surface area contributed by atoms with E-state index in [0.29, 0.717) is 12.3 Å². The number of nitrogens with zero attached hydrogens (tertiary/aromatic N) is 1. The molecule has 1 aromatic rings. The number of rotatable bonds is 6. The normalized spacial score (nSPS) is 15.0. The number of halogens is 1. The fraction of sp³-hybridized carbons (Fsp3) is 0.533. The van der Waals surface area contributed by atoms with Crippen molar-refractivity contribution in [2.24, 2.45) is 0 Å². The van der Waals surface area contributed by atoms with E-state index in [9.17, 15) is 9.18 Å². The van der Waals surface area contributed by atoms with Crippen LogP contribution in [0.3, 0.4) is 0 Å². The van der Waals surface area contributed by atoms with E-state index in [-0.39, 0.29) is 24.4 Å². The topological polar surface area (TPSA) is 49.8 Å². The van der Waals surface area contributed by atoms with Gasteiger partial charge in [0.2, 0.25) is 0 Å². The van der Waals surface area contributed by atoms with Crippen molar-refractivity contribution in [1.29, 1.82) is 0 Å². The number of aliphatic hydroxyl groups excluding tert-OH is 1. The maximum absolute atomic E-state index is 12.9. The van der Waals surface area contributed by atoms with Crippen molar-refractivity contribution in [2.45, 2.75) is 38.3 Å². The molecule has 0 radical (unpaired) electrons. The molecule has 0 unspecified atom stereocenters. The van der Waals surface area contributed by atoms with Gasteiger partial charge in [0.25, 0.3) is 5.91 Å². The summed E-state index contributed by atoms with van der Waals surface area (Å²) in [6, 6.07) is 5.80. The first-order valence-electron chi connectivity index (χ1n) is 6.80. The van der Waals surface area contributed by atoms with Crippen LogP contribution in [-0.2, 0) is 4.79 Å². The van der Waals surface area contributed by atoms with Crippen LogP contribution in [0.5, 0.6) is 5.75 Å². The van der Waals surface area contributed by atoms with E-state index < -0.39 is 5.60 Å². The first-order chi connectivity index (χ1) is 9.44. The van der Waals surface area contributed by atoms with Crippen molar-refractivity contribution in [3.8, 4) is 5.75 Å². The second kappa shape index (κ2) is 5.79. The molecule has 5 heteroatoms. The summed E-state index contributed by atoms with van der Waals surface area (Å²) in [5, 5.41) is 9.07. The molecular formula is C15H20FNO3. The van der Waals surface area contributed by atoms with E-state index in [2.05, 4.69) is 0 Å². The zero-order valence-corrected chi connectivity index (χ0v) is 11.8. The Bertz CT molecular complexity index is 469. The van der Waals surface area contributed by atoms with Crippen molar-refractivity contribution in [1.82, 2.24) is 4.90 Å². The summed E-state index contributed by atoms with van der Waals surface area (Å²) in [6.07, 6.45) is 1.94. The molecule has 0 spiro atoms. The lowest BCUT2D eigenvalue weighted by atomic mass is 10.1. The van der Waals surface area contributed by atoms with Gasteiger partial charge in [0, 0.05) is 12.6 Å². The minimum Gasteiger partial charge on any atom is -0.478 e. The summed E-state index contributed by atoms with van der Waals surface area (Å²) in [5.74, 6) is -0.0516. The first kappa shape index (κ1) is 14.8. The minimum atomic E-state index is -1.05. The average Bonchev–Trinajstić information content (AvgIpc) is 3.22. The third-order valence-corrected chi connectivity index (χ3v) is 3.29. The van der Waals surface area contributed by atoms with Gasteiger partial charge in [-0.3, -0.25) is 4.79 Å². The number of benzene rings is 1. The second-order valence-corrected chi connectivity index (χ2v) is 5.52. The summed E-state index contributed by atoms with van der Waals surface area (Å²) in [6.45, 7) is 3.63. The Labute approximate surface area is 118 Å². The summed E-state index contributed by atoms with van der Waals surface area (Å²) >= 11 is 0. The van der Waals surface area contributed by atoms with Gasteiger partial charge in [0.1, 0.15) is 11.6 Å². The average molecular weight is 281 g/mol. The van der Waals surface area contributed by atoms with Crippen LogP contribution in [0.4, 0.5) is 4.39 Å². The maximum atomic E-state index is 12.9. The standard InChI is InChI=1S/C15H20FNO3/c1-15(2,20-13-7-3-11(16)4-8-13)14(19)17(9-10-18)12-5-6-12/h3-4,7-8,12,18H,5-6,9-10H2,1-2H3. The first-order valence-corrected chi connectivity index (χ1v) is 6.80. The Balaban J connectivity index is 2.07. The molecule has 1 aliphatic carbocycles. The zero-order valence-electron chi connectivity index (χ0n) is 11.8. The Kier molecular flexibility index (Phi) is 4.28. The molecule has 110 valence electrons. The second-order valence-electron chi connectivity index (χ2n) is 5.52. The number of hydrogen-bond donors (Lipinski definition) is 1. The van der Waals surface area contributed by atoms with Gasteiger partial charge in [-0.1, -0.05) is 0 Å². The van der Waals surface area contributed by atoms with E-state index in [1.165, 1.54) is 24.3 Å². The lowest BCUT2D eigenvalue weighted by Crippen LogP contribution is -2.50. The van der Waals surface area contributed by atoms with Gasteiger partial charge < -0.3 is 14.7 Å². The van der Waals surface area contributed by atoms with E-state index in [0.717, 1.165) is 12.8 Å². The third-order valence-electron chi connectivity index (χ3n) is 3.29. The minimum absolute atomic E-state index is 0.0606. The molecule has 20 heavy (non-hydrogen) atoms. The van der Waals surface area contributed by atoms with Crippen LogP contribution in [0, 0.1) is 5.82 Å². The van der Waals surface area contributed by atoms with Crippen LogP contribution in [-0.4, -0.2) is 40.7 Å². The quantitative estimate of drug-likeness (QED) is 0.867. The van der Waals surface area contributed by atoms with Gasteiger partial charge in [-0.25, -0.2) is 4.39 Å². The summed E-state index contributed by atoms with van der Waals surface area (Å²) < 4.78 is 18.5. The highest BCUT2D eigenvalue weighted by Crippen LogP contribution is 2.30. The monoisotopic (exact) mass is 281 g/mol. The predicted molar refractivity (Wildman–Crippen MR) is 72.9 cm³/mol. The Morgan fingerprint density at radius 1 is 1.40 bits per heavy atom. The maximum Gasteiger partial charge on any atom is 0.266 e. The lowest BCUT2D eigenvalue weighted by molar-refractivity contribution is -0.146. The fourth-order valence-corrected chi connectivity index (χ4v) is 2.13. The molecule has 4 nitrogen and oxygen atoms in total. The summed E-state index contributed by atoms with van der Waals surface area (Å²) in [4.78, 5) is 14.2. The molecule has 0 aliphatic heterocycles. The molecule has 0 saturated heterocycles. The molecule has 0 heterocycles. The predicted octanol–water partition coefficient (Wildman–Crippen LogP) is 1.97. The van der Waals surface area contributed by atoms with E-state index in [4.69, 9.17) is 9.84 Å². The number of carbonyl (C=O) groups excluding carboxylic acids is 1. The van der Waals surface area contributed by atoms with Crippen LogP contribution >= 0.6 is 0 Å². The number of hydrogen-bond acceptors (Lipinski definition) is 3. The van der Waals surface area contributed by atoms with Crippen LogP contribution in [0.15, 0.2) is 24.3 Å². The van der Waals surface area contributed by atoms with Gasteiger partial charge in [0.05, 0.1) is 6.61 Å². The molecule has 2 rings (SSSR count). The highest BCUT2D eigenvalue weighted by Gasteiger charge is 2.40. The van der Waals surface area contributed by atoms with Gasteiger partial charge in [-0.2, -0.15) is 0 Å². The number of amides is 1. The molecule has 1 fully saturated rings. The van der Waals surface area contributed by atoms with Crippen LogP contribution < -0.4 is 4.74 Å². The molecule has 0 bridgehead atoms. The fourth-order valence-electron chi connectivity index (χ4n) is 2.13. The van der Waals surface area contributed by atoms with Crippen molar-refractivity contribution in [3.05, 3.63) is 30.1 Å². The molecule has 1 aliphatic rings. The highest BCUT2D eigenvalue weighted by atomic mass is 19.1. The van der Waals surface area contributed by atoms with E-state index in [1.54, 1.807) is 18.7 Å². The van der Waals surface area contributed by atoms with E-state index in [1.807, 2.05) is 0 Å². The van der Waals surface area contributed by atoms with Crippen molar-refractivity contribution in [3.63, 3.8) is 0 Å². The Morgan fingerprint density at radius 3 is 2.50 bits per heavy atom. The summed E-state index contributed by atoms with van der Waals surface area (Å²) in [5.41, 5.74) is -1.05. The van der Waals surface area contributed by atoms with Crippen LogP contribution in [0.1, 0.15) is 26.7 Å². The SMILES string of the molecule is CC(C)(Oc1ccc(F)cc1)C(=O)N(CCO)C1CC1. The van der Waals surface area contributed by atoms with Gasteiger partial charge in [-0.05, 0) is 51.0 Å². The molecule has 1 amide bonds. The van der Waals surface area contributed by atoms with Gasteiger partial charge >= 0.3 is 0 Å². The largest absolute Gasteiger partial charge is 0.478 e.